The summed E-state index contributed by atoms with van der Waals surface area (Å²) in [5, 5.41) is 3.07. The van der Waals surface area contributed by atoms with Gasteiger partial charge in [0.25, 0.3) is 0 Å². The molecule has 3 heteroatoms. The SMILES string of the molecule is C=C1CCC(Nc2ccccc2)C(=O)C1=O. The van der Waals surface area contributed by atoms with Crippen molar-refractivity contribution < 1.29 is 9.59 Å². The van der Waals surface area contributed by atoms with Gasteiger partial charge >= 0.3 is 0 Å². The van der Waals surface area contributed by atoms with Gasteiger partial charge in [0, 0.05) is 5.69 Å². The van der Waals surface area contributed by atoms with E-state index in [1.165, 1.54) is 0 Å². The van der Waals surface area contributed by atoms with E-state index < -0.39 is 11.8 Å². The second kappa shape index (κ2) is 4.31. The highest BCUT2D eigenvalue weighted by Gasteiger charge is 2.31. The minimum atomic E-state index is -0.431. The molecule has 82 valence electrons. The summed E-state index contributed by atoms with van der Waals surface area (Å²) in [6.45, 7) is 3.59. The van der Waals surface area contributed by atoms with Gasteiger partial charge in [0.05, 0.1) is 6.04 Å². The van der Waals surface area contributed by atoms with Gasteiger partial charge in [-0.25, -0.2) is 0 Å². The Morgan fingerprint density at radius 2 is 1.88 bits per heavy atom. The van der Waals surface area contributed by atoms with Crippen molar-refractivity contribution in [3.8, 4) is 0 Å². The molecule has 0 bridgehead atoms. The molecule has 2 rings (SSSR count). The lowest BCUT2D eigenvalue weighted by Crippen LogP contribution is -2.39. The molecule has 0 aromatic heterocycles. The molecule has 1 aromatic carbocycles. The van der Waals surface area contributed by atoms with E-state index in [9.17, 15) is 9.59 Å². The summed E-state index contributed by atoms with van der Waals surface area (Å²) in [5.74, 6) is -0.806. The summed E-state index contributed by atoms with van der Waals surface area (Å²) in [7, 11) is 0. The zero-order valence-corrected chi connectivity index (χ0v) is 8.90. The number of hydrogen-bond acceptors (Lipinski definition) is 3. The monoisotopic (exact) mass is 215 g/mol. The highest BCUT2D eigenvalue weighted by atomic mass is 16.2. The minimum Gasteiger partial charge on any atom is -0.375 e. The first kappa shape index (κ1) is 10.6. The van der Waals surface area contributed by atoms with Crippen LogP contribution in [0.25, 0.3) is 0 Å². The first-order valence-corrected chi connectivity index (χ1v) is 5.26. The number of hydrogen-bond donors (Lipinski definition) is 1. The van der Waals surface area contributed by atoms with E-state index in [1.54, 1.807) is 0 Å². The van der Waals surface area contributed by atoms with Crippen LogP contribution < -0.4 is 5.32 Å². The molecular formula is C13H13NO2. The summed E-state index contributed by atoms with van der Waals surface area (Å²) in [6, 6.07) is 9.02. The van der Waals surface area contributed by atoms with Crippen LogP contribution in [0.5, 0.6) is 0 Å². The normalized spacial score (nSPS) is 21.0. The molecule has 0 radical (unpaired) electrons. The molecule has 0 amide bonds. The molecule has 0 saturated heterocycles. The lowest BCUT2D eigenvalue weighted by molar-refractivity contribution is -0.135. The number of carbonyl (C=O) groups excluding carboxylic acids is 2. The van der Waals surface area contributed by atoms with E-state index >= 15 is 0 Å². The number of para-hydroxylation sites is 1. The van der Waals surface area contributed by atoms with Gasteiger partial charge in [-0.1, -0.05) is 24.8 Å². The first-order valence-electron chi connectivity index (χ1n) is 5.26. The molecule has 1 unspecified atom stereocenters. The Morgan fingerprint density at radius 1 is 1.19 bits per heavy atom. The molecule has 1 aliphatic carbocycles. The van der Waals surface area contributed by atoms with E-state index in [2.05, 4.69) is 11.9 Å². The third kappa shape index (κ3) is 2.03. The van der Waals surface area contributed by atoms with Crippen LogP contribution in [0.1, 0.15) is 12.8 Å². The Morgan fingerprint density at radius 3 is 2.56 bits per heavy atom. The highest BCUT2D eigenvalue weighted by molar-refractivity contribution is 6.46. The van der Waals surface area contributed by atoms with Crippen LogP contribution >= 0.6 is 0 Å². The van der Waals surface area contributed by atoms with Crippen molar-refractivity contribution in [2.75, 3.05) is 5.32 Å². The predicted molar refractivity (Wildman–Crippen MR) is 62.2 cm³/mol. The molecule has 1 atom stereocenters. The van der Waals surface area contributed by atoms with Gasteiger partial charge < -0.3 is 5.32 Å². The lowest BCUT2D eigenvalue weighted by atomic mass is 9.89. The maximum atomic E-state index is 11.7. The van der Waals surface area contributed by atoms with Crippen molar-refractivity contribution in [3.63, 3.8) is 0 Å². The molecule has 0 spiro atoms. The molecule has 16 heavy (non-hydrogen) atoms. The van der Waals surface area contributed by atoms with Crippen LogP contribution in [0, 0.1) is 0 Å². The van der Waals surface area contributed by atoms with Gasteiger partial charge in [-0.2, -0.15) is 0 Å². The second-order valence-corrected chi connectivity index (χ2v) is 3.90. The van der Waals surface area contributed by atoms with Gasteiger partial charge in [0.15, 0.2) is 0 Å². The zero-order valence-electron chi connectivity index (χ0n) is 8.90. The Bertz CT molecular complexity index is 437. The number of allylic oxidation sites excluding steroid dienone is 1. The fraction of sp³-hybridized carbons (Fsp3) is 0.231. The summed E-state index contributed by atoms with van der Waals surface area (Å²) >= 11 is 0. The van der Waals surface area contributed by atoms with Crippen LogP contribution in [0.15, 0.2) is 42.5 Å². The first-order chi connectivity index (χ1) is 7.68. The Labute approximate surface area is 94.2 Å². The summed E-state index contributed by atoms with van der Waals surface area (Å²) in [6.07, 6.45) is 1.23. The molecule has 0 aliphatic heterocycles. The average Bonchev–Trinajstić information content (AvgIpc) is 2.31. The zero-order chi connectivity index (χ0) is 11.5. The van der Waals surface area contributed by atoms with E-state index in [4.69, 9.17) is 0 Å². The van der Waals surface area contributed by atoms with Crippen LogP contribution in [-0.2, 0) is 9.59 Å². The molecule has 1 fully saturated rings. The summed E-state index contributed by atoms with van der Waals surface area (Å²) in [4.78, 5) is 23.1. The average molecular weight is 215 g/mol. The molecule has 3 nitrogen and oxygen atoms in total. The molecule has 1 N–H and O–H groups in total. The largest absolute Gasteiger partial charge is 0.375 e. The van der Waals surface area contributed by atoms with Crippen LogP contribution in [0.4, 0.5) is 5.69 Å². The highest BCUT2D eigenvalue weighted by Crippen LogP contribution is 2.19. The van der Waals surface area contributed by atoms with Crippen molar-refractivity contribution >= 4 is 17.3 Å². The third-order valence-electron chi connectivity index (χ3n) is 2.71. The number of ketones is 2. The van der Waals surface area contributed by atoms with Crippen molar-refractivity contribution in [1.82, 2.24) is 0 Å². The fourth-order valence-corrected chi connectivity index (χ4v) is 1.77. The lowest BCUT2D eigenvalue weighted by Gasteiger charge is -2.22. The number of carbonyl (C=O) groups is 2. The van der Waals surface area contributed by atoms with Crippen molar-refractivity contribution in [2.45, 2.75) is 18.9 Å². The Balaban J connectivity index is 2.09. The molecule has 1 aliphatic rings. The molecule has 1 aromatic rings. The van der Waals surface area contributed by atoms with E-state index in [0.717, 1.165) is 5.69 Å². The molecule has 1 saturated carbocycles. The standard InChI is InChI=1S/C13H13NO2/c1-9-7-8-11(13(16)12(9)15)14-10-5-3-2-4-6-10/h2-6,11,14H,1,7-8H2. The van der Waals surface area contributed by atoms with E-state index in [1.807, 2.05) is 30.3 Å². The van der Waals surface area contributed by atoms with Crippen molar-refractivity contribution in [2.24, 2.45) is 0 Å². The van der Waals surface area contributed by atoms with Crippen LogP contribution in [-0.4, -0.2) is 17.6 Å². The topological polar surface area (TPSA) is 46.2 Å². The fourth-order valence-electron chi connectivity index (χ4n) is 1.77. The molecule has 0 heterocycles. The Kier molecular flexibility index (Phi) is 2.86. The van der Waals surface area contributed by atoms with Crippen LogP contribution in [0.3, 0.4) is 0 Å². The third-order valence-corrected chi connectivity index (χ3v) is 2.71. The maximum absolute atomic E-state index is 11.7. The number of nitrogens with one attached hydrogen (secondary N) is 1. The minimum absolute atomic E-state index is 0.375. The van der Waals surface area contributed by atoms with Crippen molar-refractivity contribution in [3.05, 3.63) is 42.5 Å². The number of Topliss-reactive ketones (excluding diaryl/α,β-unsaturated/α-hetero) is 2. The van der Waals surface area contributed by atoms with Crippen LogP contribution in [0.2, 0.25) is 0 Å². The van der Waals surface area contributed by atoms with Gasteiger partial charge in [0.2, 0.25) is 11.6 Å². The predicted octanol–water partition coefficient (Wildman–Crippen LogP) is 1.96. The number of benzene rings is 1. The van der Waals surface area contributed by atoms with Crippen molar-refractivity contribution in [1.29, 1.82) is 0 Å². The second-order valence-electron chi connectivity index (χ2n) is 3.90. The van der Waals surface area contributed by atoms with Gasteiger partial charge in [0.1, 0.15) is 0 Å². The summed E-state index contributed by atoms with van der Waals surface area (Å²) < 4.78 is 0. The molecular weight excluding hydrogens is 202 g/mol. The smallest absolute Gasteiger partial charge is 0.226 e. The van der Waals surface area contributed by atoms with Gasteiger partial charge in [-0.15, -0.1) is 0 Å². The quantitative estimate of drug-likeness (QED) is 0.606. The van der Waals surface area contributed by atoms with Gasteiger partial charge in [-0.05, 0) is 30.5 Å². The Hall–Kier alpha value is -1.90. The van der Waals surface area contributed by atoms with E-state index in [0.29, 0.717) is 18.4 Å². The van der Waals surface area contributed by atoms with E-state index in [-0.39, 0.29) is 5.78 Å². The van der Waals surface area contributed by atoms with Gasteiger partial charge in [-0.3, -0.25) is 9.59 Å². The number of rotatable bonds is 2. The maximum Gasteiger partial charge on any atom is 0.226 e. The summed E-state index contributed by atoms with van der Waals surface area (Å²) in [5.41, 5.74) is 1.29. The number of anilines is 1.